The Labute approximate surface area is 677 Å². The number of unbranched alkanes of at least 4 members (excludes halogenated alkanes) is 12. The molecular weight excluding hydrogens is 1390 g/mol. The fraction of sp³-hybridized carbons (Fsp3) is 0.895. The Morgan fingerprint density at radius 3 is 1.30 bits per heavy atom. The molecule has 16 atom stereocenters. The largest absolute Gasteiger partial charge is 0.480 e. The molecule has 0 aromatic carbocycles. The highest BCUT2D eigenvalue weighted by atomic mass is 16.6. The number of fused-ring (bicyclic) bond motifs is 10. The summed E-state index contributed by atoms with van der Waals surface area (Å²) in [5.41, 5.74) is 3.15. The van der Waals surface area contributed by atoms with Crippen LogP contribution in [0.2, 0.25) is 0 Å². The first-order valence-corrected chi connectivity index (χ1v) is 46.0. The summed E-state index contributed by atoms with van der Waals surface area (Å²) in [4.78, 5) is 79.0. The highest BCUT2D eigenvalue weighted by Gasteiger charge is 2.61. The van der Waals surface area contributed by atoms with Crippen LogP contribution in [0.5, 0.6) is 0 Å². The van der Waals surface area contributed by atoms with E-state index in [1.807, 2.05) is 62.3 Å². The zero-order chi connectivity index (χ0) is 81.5. The van der Waals surface area contributed by atoms with Gasteiger partial charge in [0, 0.05) is 45.1 Å². The lowest BCUT2D eigenvalue weighted by Gasteiger charge is -2.59. The van der Waals surface area contributed by atoms with Gasteiger partial charge in [0.25, 0.3) is 0 Å². The molecule has 0 radical (unpaired) electrons. The van der Waals surface area contributed by atoms with Gasteiger partial charge in [-0.1, -0.05) is 189 Å². The SMILES string of the molecule is CC(C)CCC[C@@H](C)[C@H]1CC[C@H]2[C@@H]3CC=C4C[C@@H](N(CCCCCCCCNC(=O)OC(C)(C)C)CC(=O)O)CC[C@]4(C)[C@H]3CC[C@]12C.CC(C)CCC[C@@H](C)[C@H]1CC[C@H]2[C@@H]3CC=C4C[C@@H](OC(=O)CN(CCCCCCCCNC(=O)OC(C)(C)C)C(=O)CCCCCNC(=O)OC(C)(C)C)CC[C@]4(C)[C@H]3CC[C@]12C. The molecule has 0 heterocycles. The molecule has 4 amide bonds. The predicted octanol–water partition coefficient (Wildman–Crippen LogP) is 23.4. The van der Waals surface area contributed by atoms with Crippen LogP contribution in [0, 0.1) is 92.7 Å². The van der Waals surface area contributed by atoms with E-state index in [2.05, 4.69) is 102 Å². The second-order valence-corrected chi connectivity index (χ2v) is 41.8. The molecule has 16 heteroatoms. The van der Waals surface area contributed by atoms with Crippen LogP contribution in [-0.4, -0.2) is 126 Å². The van der Waals surface area contributed by atoms with Gasteiger partial charge < -0.3 is 44.9 Å². The Morgan fingerprint density at radius 1 is 0.459 bits per heavy atom. The summed E-state index contributed by atoms with van der Waals surface area (Å²) in [5.74, 6) is 8.87. The molecule has 8 rings (SSSR count). The monoisotopic (exact) mass is 1550 g/mol. The molecule has 6 saturated carbocycles. The number of amides is 4. The van der Waals surface area contributed by atoms with Crippen LogP contribution in [-0.2, 0) is 33.3 Å². The van der Waals surface area contributed by atoms with E-state index in [1.165, 1.54) is 115 Å². The van der Waals surface area contributed by atoms with Gasteiger partial charge in [-0.25, -0.2) is 14.4 Å². The summed E-state index contributed by atoms with van der Waals surface area (Å²) < 4.78 is 22.2. The maximum absolute atomic E-state index is 13.7. The minimum absolute atomic E-state index is 0.00972. The Bertz CT molecular complexity index is 2960. The fourth-order valence-corrected chi connectivity index (χ4v) is 23.5. The minimum Gasteiger partial charge on any atom is -0.480 e. The third kappa shape index (κ3) is 28.5. The van der Waals surface area contributed by atoms with E-state index >= 15 is 0 Å². The summed E-state index contributed by atoms with van der Waals surface area (Å²) in [5, 5.41) is 18.3. The number of hydrogen-bond donors (Lipinski definition) is 4. The van der Waals surface area contributed by atoms with Crippen molar-refractivity contribution in [1.29, 1.82) is 0 Å². The molecule has 0 saturated heterocycles. The first kappa shape index (κ1) is 93.8. The number of hydrogen-bond acceptors (Lipinski definition) is 11. The molecule has 0 spiro atoms. The van der Waals surface area contributed by atoms with E-state index in [-0.39, 0.29) is 48.7 Å². The van der Waals surface area contributed by atoms with Gasteiger partial charge in [0.1, 0.15) is 29.5 Å². The molecule has 638 valence electrons. The zero-order valence-corrected chi connectivity index (χ0v) is 74.5. The highest BCUT2D eigenvalue weighted by Crippen LogP contribution is 2.69. The number of carbonyl (C=O) groups excluding carboxylic acids is 5. The zero-order valence-electron chi connectivity index (χ0n) is 74.5. The fourth-order valence-electron chi connectivity index (χ4n) is 23.5. The summed E-state index contributed by atoms with van der Waals surface area (Å²) in [6.07, 6.45) is 46.9. The third-order valence-electron chi connectivity index (χ3n) is 29.2. The van der Waals surface area contributed by atoms with Gasteiger partial charge in [-0.2, -0.15) is 0 Å². The van der Waals surface area contributed by atoms with Gasteiger partial charge in [-0.05, 0) is 296 Å². The van der Waals surface area contributed by atoms with Crippen molar-refractivity contribution in [2.24, 2.45) is 92.7 Å². The molecule has 6 fully saturated rings. The third-order valence-corrected chi connectivity index (χ3v) is 29.2. The molecule has 8 aliphatic rings. The highest BCUT2D eigenvalue weighted by molar-refractivity contribution is 5.82. The van der Waals surface area contributed by atoms with Crippen molar-refractivity contribution in [3.63, 3.8) is 0 Å². The molecule has 0 aromatic rings. The Hall–Kier alpha value is -4.34. The molecule has 16 nitrogen and oxygen atoms in total. The number of nitrogens with one attached hydrogen (secondary N) is 3. The van der Waals surface area contributed by atoms with E-state index in [0.717, 1.165) is 200 Å². The summed E-state index contributed by atoms with van der Waals surface area (Å²) in [7, 11) is 0. The lowest BCUT2D eigenvalue weighted by Crippen LogP contribution is -2.52. The van der Waals surface area contributed by atoms with Crippen LogP contribution in [0.4, 0.5) is 14.4 Å². The van der Waals surface area contributed by atoms with Crippen molar-refractivity contribution in [1.82, 2.24) is 25.8 Å². The minimum atomic E-state index is -0.695. The number of allylic oxidation sites excluding steroid dienone is 2. The predicted molar refractivity (Wildman–Crippen MR) is 452 cm³/mol. The van der Waals surface area contributed by atoms with Gasteiger partial charge in [-0.15, -0.1) is 0 Å². The van der Waals surface area contributed by atoms with Gasteiger partial charge in [0.2, 0.25) is 5.91 Å². The van der Waals surface area contributed by atoms with Crippen molar-refractivity contribution < 1.29 is 52.8 Å². The summed E-state index contributed by atoms with van der Waals surface area (Å²) in [6, 6.07) is 0.354. The van der Waals surface area contributed by atoms with Crippen LogP contribution in [0.1, 0.15) is 376 Å². The van der Waals surface area contributed by atoms with E-state index in [0.29, 0.717) is 61.3 Å². The number of rotatable bonds is 40. The number of ether oxygens (including phenoxy) is 4. The van der Waals surface area contributed by atoms with Crippen molar-refractivity contribution in [2.75, 3.05) is 45.8 Å². The van der Waals surface area contributed by atoms with Crippen molar-refractivity contribution in [3.05, 3.63) is 23.3 Å². The average Bonchev–Trinajstić information content (AvgIpc) is 1.70. The van der Waals surface area contributed by atoms with Crippen molar-refractivity contribution >= 4 is 36.1 Å². The number of alkyl carbamates (subject to hydrolysis) is 3. The topological polar surface area (TPSA) is 202 Å². The maximum Gasteiger partial charge on any atom is 0.407 e. The molecule has 0 unspecified atom stereocenters. The van der Waals surface area contributed by atoms with E-state index in [9.17, 15) is 33.9 Å². The molecule has 0 aromatic heterocycles. The first-order valence-electron chi connectivity index (χ1n) is 46.0. The lowest BCUT2D eigenvalue weighted by molar-refractivity contribution is -0.156. The van der Waals surface area contributed by atoms with Gasteiger partial charge in [-0.3, -0.25) is 19.3 Å². The average molecular weight is 1560 g/mol. The number of carboxylic acid groups (broad SMARTS) is 1. The van der Waals surface area contributed by atoms with Crippen molar-refractivity contribution in [3.8, 4) is 0 Å². The standard InChI is InChI=1S/C53H93N3O7.C42H74N2O4/c1-38(2)22-21-23-39(3)43-27-28-44-42-26-25-40-36-41(29-31-52(40,10)45(42)30-32-53(43,44)11)61-47(58)37-56(46(57)24-17-16-19-34-55-49(60)63-51(7,8)9)35-20-15-13-12-14-18-33-54-48(59)62-50(4,5)6;1-30(2)16-15-17-31(3)35-20-21-36-34-19-18-32-28-33(22-24-41(32,7)37(34)23-25-42(35,36)8)44(29-38(45)46)27-14-12-10-9-11-13-26-43-39(47)48-40(4,5)6/h25,38-39,41-45H,12-24,26-37H2,1-11H3,(H,54,59)(H,55,60);18,30-31,33-37H,9-17,19-29H2,1-8H3,(H,43,47)(H,45,46)/t39-,41+,42+,43-,44+,45+,52+,53-;31-,33+,34+,35-,36+,37+,41+,42-/m11/s1. The molecule has 0 aliphatic heterocycles. The number of esters is 1. The van der Waals surface area contributed by atoms with Crippen molar-refractivity contribution in [2.45, 2.75) is 404 Å². The number of carboxylic acids is 1. The smallest absolute Gasteiger partial charge is 0.407 e. The Balaban J connectivity index is 0.000000319. The Morgan fingerprint density at radius 2 is 0.865 bits per heavy atom. The van der Waals surface area contributed by atoms with Crippen LogP contribution in [0.15, 0.2) is 23.3 Å². The normalized spacial score (nSPS) is 29.5. The van der Waals surface area contributed by atoms with Crippen LogP contribution in [0.25, 0.3) is 0 Å². The van der Waals surface area contributed by atoms with Crippen LogP contribution in [0.3, 0.4) is 0 Å². The van der Waals surface area contributed by atoms with E-state index in [4.69, 9.17) is 18.9 Å². The van der Waals surface area contributed by atoms with E-state index in [1.54, 1.807) is 10.5 Å². The second kappa shape index (κ2) is 43.2. The quantitative estimate of drug-likeness (QED) is 0.0196. The van der Waals surface area contributed by atoms with Gasteiger partial charge >= 0.3 is 30.2 Å². The molecule has 4 N–H and O–H groups in total. The molecular formula is C95H167N5O11. The molecule has 0 bridgehead atoms. The number of carbonyl (C=O) groups is 6. The lowest BCUT2D eigenvalue weighted by atomic mass is 9.46. The van der Waals surface area contributed by atoms with Gasteiger partial charge in [0.15, 0.2) is 0 Å². The summed E-state index contributed by atoms with van der Waals surface area (Å²) >= 11 is 0. The number of nitrogens with zero attached hydrogens (tertiary/aromatic N) is 2. The van der Waals surface area contributed by atoms with Crippen LogP contribution >= 0.6 is 0 Å². The van der Waals surface area contributed by atoms with Crippen LogP contribution < -0.4 is 16.0 Å². The number of aliphatic carboxylic acids is 1. The maximum atomic E-state index is 13.7. The molecule has 111 heavy (non-hydrogen) atoms. The first-order chi connectivity index (χ1) is 52.2. The van der Waals surface area contributed by atoms with E-state index < -0.39 is 28.9 Å². The van der Waals surface area contributed by atoms with Gasteiger partial charge in [0.05, 0.1) is 6.54 Å². The second-order valence-electron chi connectivity index (χ2n) is 41.8. The Kier molecular flexibility index (Phi) is 36.5. The molecule has 8 aliphatic carbocycles. The summed E-state index contributed by atoms with van der Waals surface area (Å²) in [6.45, 7) is 45.1.